The van der Waals surface area contributed by atoms with Gasteiger partial charge in [0, 0.05) is 37.8 Å². The van der Waals surface area contributed by atoms with Crippen LogP contribution in [0.15, 0.2) is 28.5 Å². The molecule has 0 aromatic carbocycles. The predicted molar refractivity (Wildman–Crippen MR) is 107 cm³/mol. The number of aromatic nitrogens is 2. The normalized spacial score (nSPS) is 15.3. The SMILES string of the molecule is O=C(NCCN1CCOCC1)c1cnc2scc(-c3ccc(Cl)s3)n2c1=O. The number of hydrogen-bond donors (Lipinski definition) is 1. The van der Waals surface area contributed by atoms with Crippen LogP contribution in [0.2, 0.25) is 4.34 Å². The van der Waals surface area contributed by atoms with E-state index in [1.807, 2.05) is 11.4 Å². The van der Waals surface area contributed by atoms with Crippen molar-refractivity contribution in [2.45, 2.75) is 0 Å². The van der Waals surface area contributed by atoms with Gasteiger partial charge < -0.3 is 10.1 Å². The molecule has 0 bridgehead atoms. The second kappa shape index (κ2) is 8.07. The summed E-state index contributed by atoms with van der Waals surface area (Å²) in [6.45, 7) is 4.33. The van der Waals surface area contributed by atoms with Crippen LogP contribution in [0.3, 0.4) is 0 Å². The molecule has 3 aromatic heterocycles. The van der Waals surface area contributed by atoms with E-state index in [0.717, 1.165) is 24.5 Å². The van der Waals surface area contributed by atoms with E-state index in [1.54, 1.807) is 6.07 Å². The van der Waals surface area contributed by atoms with Gasteiger partial charge in [0.25, 0.3) is 11.5 Å². The third kappa shape index (κ3) is 3.92. The predicted octanol–water partition coefficient (Wildman–Crippen LogP) is 2.20. The van der Waals surface area contributed by atoms with Crippen molar-refractivity contribution in [1.82, 2.24) is 19.6 Å². The lowest BCUT2D eigenvalue weighted by atomic mass is 10.3. The van der Waals surface area contributed by atoms with Crippen molar-refractivity contribution < 1.29 is 9.53 Å². The Morgan fingerprint density at radius 3 is 2.89 bits per heavy atom. The standard InChI is InChI=1S/C17H17ClN4O3S2/c18-14-2-1-13(27-14)12-10-26-17-20-9-11(16(24)22(12)17)15(23)19-3-4-21-5-7-25-8-6-21/h1-2,9-10H,3-8H2,(H,19,23). The summed E-state index contributed by atoms with van der Waals surface area (Å²) in [5.41, 5.74) is 0.369. The number of nitrogens with zero attached hydrogens (tertiary/aromatic N) is 3. The van der Waals surface area contributed by atoms with Crippen LogP contribution < -0.4 is 10.9 Å². The number of rotatable bonds is 5. The lowest BCUT2D eigenvalue weighted by Crippen LogP contribution is -2.42. The van der Waals surface area contributed by atoms with Crippen molar-refractivity contribution >= 4 is 45.1 Å². The number of carbonyl (C=O) groups is 1. The van der Waals surface area contributed by atoms with Gasteiger partial charge in [-0.1, -0.05) is 11.6 Å². The number of halogens is 1. The number of carbonyl (C=O) groups excluding carboxylic acids is 1. The van der Waals surface area contributed by atoms with Crippen molar-refractivity contribution in [1.29, 1.82) is 0 Å². The Balaban J connectivity index is 1.54. The van der Waals surface area contributed by atoms with Gasteiger partial charge in [0.1, 0.15) is 5.56 Å². The zero-order valence-electron chi connectivity index (χ0n) is 14.3. The van der Waals surface area contributed by atoms with E-state index in [-0.39, 0.29) is 11.1 Å². The number of hydrogen-bond acceptors (Lipinski definition) is 7. The third-order valence-corrected chi connectivity index (χ3v) is 6.43. The molecule has 0 spiro atoms. The summed E-state index contributed by atoms with van der Waals surface area (Å²) in [5.74, 6) is -0.406. The molecule has 1 aliphatic rings. The van der Waals surface area contributed by atoms with Crippen LogP contribution in [0, 0.1) is 0 Å². The summed E-state index contributed by atoms with van der Waals surface area (Å²) in [7, 11) is 0. The molecule has 1 amide bonds. The van der Waals surface area contributed by atoms with Crippen molar-refractivity contribution in [3.05, 3.63) is 44.0 Å². The Labute approximate surface area is 168 Å². The first-order chi connectivity index (χ1) is 13.1. The summed E-state index contributed by atoms with van der Waals surface area (Å²) >= 11 is 8.75. The lowest BCUT2D eigenvalue weighted by molar-refractivity contribution is 0.0383. The molecule has 4 rings (SSSR count). The number of thiazole rings is 1. The van der Waals surface area contributed by atoms with E-state index in [0.29, 0.717) is 34.7 Å². The quantitative estimate of drug-likeness (QED) is 0.679. The number of amides is 1. The minimum Gasteiger partial charge on any atom is -0.379 e. The zero-order chi connectivity index (χ0) is 18.8. The fourth-order valence-corrected chi connectivity index (χ4v) is 4.89. The molecule has 1 aliphatic heterocycles. The average molecular weight is 425 g/mol. The Kier molecular flexibility index (Phi) is 5.55. The summed E-state index contributed by atoms with van der Waals surface area (Å²) < 4.78 is 7.42. The molecule has 7 nitrogen and oxygen atoms in total. The lowest BCUT2D eigenvalue weighted by Gasteiger charge is -2.26. The van der Waals surface area contributed by atoms with E-state index in [1.165, 1.54) is 33.3 Å². The van der Waals surface area contributed by atoms with Gasteiger partial charge in [0.2, 0.25) is 0 Å². The van der Waals surface area contributed by atoms with Crippen LogP contribution >= 0.6 is 34.3 Å². The maximum Gasteiger partial charge on any atom is 0.271 e. The second-order valence-electron chi connectivity index (χ2n) is 6.03. The maximum atomic E-state index is 12.9. The third-order valence-electron chi connectivity index (χ3n) is 4.33. The monoisotopic (exact) mass is 424 g/mol. The van der Waals surface area contributed by atoms with Gasteiger partial charge in [0.15, 0.2) is 4.96 Å². The molecule has 0 unspecified atom stereocenters. The van der Waals surface area contributed by atoms with Crippen molar-refractivity contribution in [3.63, 3.8) is 0 Å². The molecule has 4 heterocycles. The number of morpholine rings is 1. The van der Waals surface area contributed by atoms with Gasteiger partial charge in [-0.15, -0.1) is 22.7 Å². The topological polar surface area (TPSA) is 75.9 Å². The fourth-order valence-electron chi connectivity index (χ4n) is 2.92. The first-order valence-electron chi connectivity index (χ1n) is 8.47. The van der Waals surface area contributed by atoms with Gasteiger partial charge in [0.05, 0.1) is 28.1 Å². The first-order valence-corrected chi connectivity index (χ1v) is 10.5. The molecule has 0 atom stereocenters. The van der Waals surface area contributed by atoms with E-state index in [9.17, 15) is 9.59 Å². The highest BCUT2D eigenvalue weighted by molar-refractivity contribution is 7.20. The highest BCUT2D eigenvalue weighted by atomic mass is 35.5. The van der Waals surface area contributed by atoms with Gasteiger partial charge >= 0.3 is 0 Å². The van der Waals surface area contributed by atoms with Crippen molar-refractivity contribution in [2.75, 3.05) is 39.4 Å². The maximum absolute atomic E-state index is 12.9. The van der Waals surface area contributed by atoms with Crippen LogP contribution in [0.5, 0.6) is 0 Å². The molecular formula is C17H17ClN4O3S2. The summed E-state index contributed by atoms with van der Waals surface area (Å²) in [5, 5.41) is 4.67. The molecule has 1 N–H and O–H groups in total. The van der Waals surface area contributed by atoms with Crippen molar-refractivity contribution in [2.24, 2.45) is 0 Å². The number of nitrogens with one attached hydrogen (secondary N) is 1. The largest absolute Gasteiger partial charge is 0.379 e. The van der Waals surface area contributed by atoms with Crippen molar-refractivity contribution in [3.8, 4) is 10.6 Å². The fraction of sp³-hybridized carbons (Fsp3) is 0.353. The van der Waals surface area contributed by atoms with Gasteiger partial charge in [-0.2, -0.15) is 0 Å². The van der Waals surface area contributed by atoms with E-state index >= 15 is 0 Å². The van der Waals surface area contributed by atoms with Gasteiger partial charge in [-0.25, -0.2) is 9.38 Å². The van der Waals surface area contributed by atoms with Crippen LogP contribution in [0.1, 0.15) is 10.4 Å². The molecule has 27 heavy (non-hydrogen) atoms. The molecule has 10 heteroatoms. The molecule has 0 saturated carbocycles. The van der Waals surface area contributed by atoms with Gasteiger partial charge in [-0.05, 0) is 12.1 Å². The molecule has 1 fully saturated rings. The highest BCUT2D eigenvalue weighted by Crippen LogP contribution is 2.32. The van der Waals surface area contributed by atoms with Crippen LogP contribution in [0.25, 0.3) is 15.5 Å². The average Bonchev–Trinajstić information content (AvgIpc) is 3.29. The smallest absolute Gasteiger partial charge is 0.271 e. The van der Waals surface area contributed by atoms with Gasteiger partial charge in [-0.3, -0.25) is 14.5 Å². The molecule has 142 valence electrons. The Morgan fingerprint density at radius 2 is 2.15 bits per heavy atom. The molecular weight excluding hydrogens is 408 g/mol. The minimum atomic E-state index is -0.406. The molecule has 1 saturated heterocycles. The zero-order valence-corrected chi connectivity index (χ0v) is 16.7. The van der Waals surface area contributed by atoms with E-state index in [4.69, 9.17) is 16.3 Å². The Morgan fingerprint density at radius 1 is 1.33 bits per heavy atom. The second-order valence-corrected chi connectivity index (χ2v) is 8.58. The summed E-state index contributed by atoms with van der Waals surface area (Å²) in [4.78, 5) is 33.3. The summed E-state index contributed by atoms with van der Waals surface area (Å²) in [6, 6.07) is 3.64. The first kappa shape index (κ1) is 18.6. The Hall–Kier alpha value is -1.78. The molecule has 3 aromatic rings. The summed E-state index contributed by atoms with van der Waals surface area (Å²) in [6.07, 6.45) is 1.35. The molecule has 0 radical (unpaired) electrons. The highest BCUT2D eigenvalue weighted by Gasteiger charge is 2.18. The minimum absolute atomic E-state index is 0.0387. The van der Waals surface area contributed by atoms with Crippen LogP contribution in [-0.4, -0.2) is 59.6 Å². The Bertz CT molecular complexity index is 1020. The number of fused-ring (bicyclic) bond motifs is 1. The van der Waals surface area contributed by atoms with E-state index < -0.39 is 5.91 Å². The van der Waals surface area contributed by atoms with E-state index in [2.05, 4.69) is 15.2 Å². The molecule has 0 aliphatic carbocycles. The van der Waals surface area contributed by atoms with Crippen LogP contribution in [-0.2, 0) is 4.74 Å². The number of thiophene rings is 1. The van der Waals surface area contributed by atoms with Crippen LogP contribution in [0.4, 0.5) is 0 Å². The number of ether oxygens (including phenoxy) is 1.